The number of hydrogen-bond acceptors (Lipinski definition) is 9. The topological polar surface area (TPSA) is 151 Å². The highest BCUT2D eigenvalue weighted by Crippen LogP contribution is 2.35. The van der Waals surface area contributed by atoms with E-state index in [-0.39, 0.29) is 39.7 Å². The molecule has 16 heteroatoms. The van der Waals surface area contributed by atoms with Gasteiger partial charge in [0.25, 0.3) is 5.91 Å². The number of H-pyrrole nitrogens is 1. The number of carbonyl (C=O) groups excluding carboxylic acids is 1. The van der Waals surface area contributed by atoms with Crippen LogP contribution in [0.1, 0.15) is 10.4 Å². The highest BCUT2D eigenvalue weighted by molar-refractivity contribution is 6.07. The van der Waals surface area contributed by atoms with Gasteiger partial charge >= 0.3 is 6.18 Å². The molecule has 4 aromatic heterocycles. The summed E-state index contributed by atoms with van der Waals surface area (Å²) in [7, 11) is 0. The number of pyridine rings is 1. The molecule has 1 aliphatic heterocycles. The summed E-state index contributed by atoms with van der Waals surface area (Å²) in [6, 6.07) is 7.69. The summed E-state index contributed by atoms with van der Waals surface area (Å²) in [6.07, 6.45) is -2.28. The summed E-state index contributed by atoms with van der Waals surface area (Å²) in [4.78, 5) is 30.8. The molecule has 1 amide bonds. The maximum atomic E-state index is 15.4. The molecule has 0 spiro atoms. The Morgan fingerprint density at radius 2 is 1.95 bits per heavy atom. The van der Waals surface area contributed by atoms with Crippen LogP contribution in [-0.4, -0.2) is 74.5 Å². The van der Waals surface area contributed by atoms with Crippen LogP contribution in [0.5, 0.6) is 0 Å². The number of alkyl halides is 3. The molecule has 5 N–H and O–H groups in total. The Kier molecular flexibility index (Phi) is 6.53. The SMILES string of the molecule is Nc1ncnn2cc(C(=O)NCC(F)(F)F)c(-c3ccc(Nc4nc5ccc(N6CCOCC6)nc5[nH]4)c(F)c3)c12. The van der Waals surface area contributed by atoms with Crippen LogP contribution in [0.25, 0.3) is 27.8 Å². The van der Waals surface area contributed by atoms with Gasteiger partial charge < -0.3 is 31.0 Å². The van der Waals surface area contributed by atoms with E-state index in [0.29, 0.717) is 24.4 Å². The molecule has 0 radical (unpaired) electrons. The largest absolute Gasteiger partial charge is 0.405 e. The summed E-state index contributed by atoms with van der Waals surface area (Å²) in [5.41, 5.74) is 7.36. The first-order valence-electron chi connectivity index (χ1n) is 12.4. The Bertz CT molecular complexity index is 1760. The molecule has 12 nitrogen and oxygen atoms in total. The first-order chi connectivity index (χ1) is 19.7. The zero-order valence-electron chi connectivity index (χ0n) is 21.2. The van der Waals surface area contributed by atoms with Crippen LogP contribution in [0.15, 0.2) is 42.9 Å². The lowest BCUT2D eigenvalue weighted by molar-refractivity contribution is -0.123. The van der Waals surface area contributed by atoms with Crippen LogP contribution in [-0.2, 0) is 4.74 Å². The second kappa shape index (κ2) is 10.2. The molecule has 1 saturated heterocycles. The van der Waals surface area contributed by atoms with Crippen molar-refractivity contribution in [2.24, 2.45) is 0 Å². The molecule has 1 aliphatic rings. The predicted octanol–water partition coefficient (Wildman–Crippen LogP) is 3.26. The van der Waals surface area contributed by atoms with Gasteiger partial charge in [-0.25, -0.2) is 23.9 Å². The normalized spacial score (nSPS) is 14.1. The Morgan fingerprint density at radius 3 is 2.71 bits per heavy atom. The zero-order valence-corrected chi connectivity index (χ0v) is 21.2. The number of halogens is 4. The molecule has 1 aromatic carbocycles. The third kappa shape index (κ3) is 5.28. The van der Waals surface area contributed by atoms with E-state index in [2.05, 4.69) is 35.3 Å². The maximum Gasteiger partial charge on any atom is 0.405 e. The molecule has 5 aromatic rings. The van der Waals surface area contributed by atoms with E-state index < -0.39 is 24.4 Å². The van der Waals surface area contributed by atoms with Gasteiger partial charge in [-0.1, -0.05) is 6.07 Å². The highest BCUT2D eigenvalue weighted by atomic mass is 19.4. The van der Waals surface area contributed by atoms with Gasteiger partial charge in [0.15, 0.2) is 11.5 Å². The fraction of sp³-hybridized carbons (Fsp3) is 0.240. The number of fused-ring (bicyclic) bond motifs is 2. The summed E-state index contributed by atoms with van der Waals surface area (Å²) in [6.45, 7) is 1.12. The monoisotopic (exact) mass is 570 g/mol. The van der Waals surface area contributed by atoms with Crippen LogP contribution in [0, 0.1) is 5.82 Å². The lowest BCUT2D eigenvalue weighted by Gasteiger charge is -2.27. The summed E-state index contributed by atoms with van der Waals surface area (Å²) in [5.74, 6) is -0.779. The van der Waals surface area contributed by atoms with Crippen LogP contribution in [0.4, 0.5) is 40.8 Å². The smallest absolute Gasteiger partial charge is 0.382 e. The van der Waals surface area contributed by atoms with Crippen molar-refractivity contribution in [3.63, 3.8) is 0 Å². The number of nitrogens with one attached hydrogen (secondary N) is 3. The second-order valence-corrected chi connectivity index (χ2v) is 9.20. The molecular weight excluding hydrogens is 548 g/mol. The molecule has 212 valence electrons. The number of amides is 1. The van der Waals surface area contributed by atoms with Crippen LogP contribution < -0.4 is 21.3 Å². The average molecular weight is 571 g/mol. The van der Waals surface area contributed by atoms with Crippen LogP contribution in [0.3, 0.4) is 0 Å². The van der Waals surface area contributed by atoms with Crippen molar-refractivity contribution in [2.75, 3.05) is 48.8 Å². The lowest BCUT2D eigenvalue weighted by atomic mass is 10.0. The van der Waals surface area contributed by atoms with E-state index in [1.807, 2.05) is 17.4 Å². The molecule has 41 heavy (non-hydrogen) atoms. The van der Waals surface area contributed by atoms with Crippen molar-refractivity contribution >= 4 is 45.9 Å². The van der Waals surface area contributed by atoms with Crippen molar-refractivity contribution in [2.45, 2.75) is 6.18 Å². The van der Waals surface area contributed by atoms with Gasteiger partial charge in [0.05, 0.1) is 24.5 Å². The number of nitrogen functional groups attached to an aromatic ring is 1. The van der Waals surface area contributed by atoms with Crippen molar-refractivity contribution in [1.29, 1.82) is 0 Å². The molecule has 0 atom stereocenters. The number of anilines is 4. The molecule has 6 rings (SSSR count). The van der Waals surface area contributed by atoms with Crippen molar-refractivity contribution in [1.82, 2.24) is 34.9 Å². The highest BCUT2D eigenvalue weighted by Gasteiger charge is 2.30. The average Bonchev–Trinajstić information content (AvgIpc) is 3.54. The third-order valence-electron chi connectivity index (χ3n) is 6.47. The minimum atomic E-state index is -4.62. The van der Waals surface area contributed by atoms with E-state index in [1.54, 1.807) is 0 Å². The molecule has 5 heterocycles. The number of imidazole rings is 1. The number of morpholine rings is 1. The molecule has 0 aliphatic carbocycles. The van der Waals surface area contributed by atoms with Crippen molar-refractivity contribution < 1.29 is 27.1 Å². The Labute approximate surface area is 228 Å². The summed E-state index contributed by atoms with van der Waals surface area (Å²) >= 11 is 0. The number of aromatic amines is 1. The van der Waals surface area contributed by atoms with Gasteiger partial charge in [-0.15, -0.1) is 0 Å². The number of hydrogen-bond donors (Lipinski definition) is 4. The summed E-state index contributed by atoms with van der Waals surface area (Å²) < 4.78 is 60.2. The second-order valence-electron chi connectivity index (χ2n) is 9.20. The van der Waals surface area contributed by atoms with Crippen molar-refractivity contribution in [3.05, 3.63) is 54.2 Å². The van der Waals surface area contributed by atoms with Gasteiger partial charge in [0, 0.05) is 24.8 Å². The fourth-order valence-electron chi connectivity index (χ4n) is 4.59. The number of benzene rings is 1. The first kappa shape index (κ1) is 26.2. The molecular formula is C25H22F4N10O2. The molecule has 0 saturated carbocycles. The quantitative estimate of drug-likeness (QED) is 0.226. The Morgan fingerprint density at radius 1 is 1.15 bits per heavy atom. The van der Waals surface area contributed by atoms with Crippen molar-refractivity contribution in [3.8, 4) is 11.1 Å². The minimum absolute atomic E-state index is 0.0429. The number of ether oxygens (including phenoxy) is 1. The number of nitrogens with two attached hydrogens (primary N) is 1. The number of aromatic nitrogens is 6. The number of carbonyl (C=O) groups is 1. The summed E-state index contributed by atoms with van der Waals surface area (Å²) in [5, 5.41) is 8.69. The number of nitrogens with zero attached hydrogens (tertiary/aromatic N) is 6. The van der Waals surface area contributed by atoms with E-state index in [4.69, 9.17) is 10.5 Å². The van der Waals surface area contributed by atoms with Gasteiger partial charge in [-0.05, 0) is 29.8 Å². The first-order valence-corrected chi connectivity index (χ1v) is 12.4. The van der Waals surface area contributed by atoms with E-state index >= 15 is 4.39 Å². The number of rotatable bonds is 6. The van der Waals surface area contributed by atoms with Gasteiger partial charge in [-0.3, -0.25) is 4.79 Å². The Balaban J connectivity index is 1.30. The third-order valence-corrected chi connectivity index (χ3v) is 6.47. The van der Waals surface area contributed by atoms with Gasteiger partial charge in [0.1, 0.15) is 35.5 Å². The predicted molar refractivity (Wildman–Crippen MR) is 141 cm³/mol. The lowest BCUT2D eigenvalue weighted by Crippen LogP contribution is -2.36. The zero-order chi connectivity index (χ0) is 28.7. The minimum Gasteiger partial charge on any atom is -0.382 e. The van der Waals surface area contributed by atoms with Crippen LogP contribution >= 0.6 is 0 Å². The Hall–Kier alpha value is -4.99. The van der Waals surface area contributed by atoms with E-state index in [1.165, 1.54) is 22.8 Å². The fourth-order valence-corrected chi connectivity index (χ4v) is 4.59. The van der Waals surface area contributed by atoms with Crippen LogP contribution in [0.2, 0.25) is 0 Å². The maximum absolute atomic E-state index is 15.4. The van der Waals surface area contributed by atoms with Gasteiger partial charge in [-0.2, -0.15) is 18.3 Å². The molecule has 0 bridgehead atoms. The van der Waals surface area contributed by atoms with Gasteiger partial charge in [0.2, 0.25) is 5.95 Å². The van der Waals surface area contributed by atoms with E-state index in [0.717, 1.165) is 31.3 Å². The van der Waals surface area contributed by atoms with E-state index in [9.17, 15) is 18.0 Å². The standard InChI is InChI=1S/C25H22F4N10O2/c26-15-9-13(19-14(23(40)31-11-25(27,28)29)10-39-20(19)21(30)32-12-33-39)1-2-16(15)34-24-35-17-3-4-18(36-22(17)37-24)38-5-7-41-8-6-38/h1-4,9-10,12H,5-8,11H2,(H,31,40)(H2,30,32,33)(H2,34,35,36,37). The molecule has 0 unspecified atom stereocenters. The molecule has 1 fully saturated rings.